The molecule has 21 heavy (non-hydrogen) atoms. The molecular formula is C16H20N4O. The molecule has 0 radical (unpaired) electrons. The Labute approximate surface area is 124 Å². The summed E-state index contributed by atoms with van der Waals surface area (Å²) in [6, 6.07) is 11.7. The molecule has 2 heterocycles. The van der Waals surface area contributed by atoms with Gasteiger partial charge < -0.3 is 15.7 Å². The van der Waals surface area contributed by atoms with Gasteiger partial charge in [-0.25, -0.2) is 9.97 Å². The van der Waals surface area contributed by atoms with Crippen LogP contribution in [0.25, 0.3) is 0 Å². The molecule has 0 spiro atoms. The number of piperidine rings is 1. The van der Waals surface area contributed by atoms with Crippen molar-refractivity contribution in [1.29, 1.82) is 0 Å². The molecular weight excluding hydrogens is 264 g/mol. The first kappa shape index (κ1) is 13.8. The van der Waals surface area contributed by atoms with E-state index in [-0.39, 0.29) is 0 Å². The highest BCUT2D eigenvalue weighted by atomic mass is 16.3. The van der Waals surface area contributed by atoms with Crippen LogP contribution in [0.5, 0.6) is 0 Å². The van der Waals surface area contributed by atoms with E-state index in [1.165, 1.54) is 0 Å². The summed E-state index contributed by atoms with van der Waals surface area (Å²) in [6.07, 6.45) is 1.36. The lowest BCUT2D eigenvalue weighted by atomic mass is 9.84. The molecule has 3 N–H and O–H groups in total. The van der Waals surface area contributed by atoms with Gasteiger partial charge in [0.05, 0.1) is 5.60 Å². The molecule has 3 rings (SSSR count). The Bertz CT molecular complexity index is 601. The third-order valence-corrected chi connectivity index (χ3v) is 4.07. The number of hydrogen-bond donors (Lipinski definition) is 2. The van der Waals surface area contributed by atoms with E-state index in [2.05, 4.69) is 14.9 Å². The van der Waals surface area contributed by atoms with Gasteiger partial charge in [-0.2, -0.15) is 0 Å². The monoisotopic (exact) mass is 284 g/mol. The summed E-state index contributed by atoms with van der Waals surface area (Å²) >= 11 is 0. The lowest BCUT2D eigenvalue weighted by Crippen LogP contribution is -2.43. The molecule has 0 bridgehead atoms. The highest BCUT2D eigenvalue weighted by Crippen LogP contribution is 2.34. The molecule has 0 saturated carbocycles. The van der Waals surface area contributed by atoms with E-state index in [9.17, 15) is 5.11 Å². The van der Waals surface area contributed by atoms with Gasteiger partial charge in [-0.05, 0) is 25.3 Å². The minimum absolute atomic E-state index is 0.487. The van der Waals surface area contributed by atoms with Crippen LogP contribution in [0.4, 0.5) is 11.6 Å². The van der Waals surface area contributed by atoms with Crippen molar-refractivity contribution in [3.63, 3.8) is 0 Å². The van der Waals surface area contributed by atoms with Crippen molar-refractivity contribution in [1.82, 2.24) is 9.97 Å². The van der Waals surface area contributed by atoms with Crippen molar-refractivity contribution < 1.29 is 5.11 Å². The largest absolute Gasteiger partial charge is 0.385 e. The summed E-state index contributed by atoms with van der Waals surface area (Å²) in [5, 5.41) is 10.8. The number of anilines is 2. The predicted molar refractivity (Wildman–Crippen MR) is 83.0 cm³/mol. The normalized spacial score (nSPS) is 17.7. The molecule has 1 aromatic heterocycles. The lowest BCUT2D eigenvalue weighted by molar-refractivity contribution is 0.0116. The van der Waals surface area contributed by atoms with Crippen LogP contribution in [0.1, 0.15) is 24.2 Å². The summed E-state index contributed by atoms with van der Waals surface area (Å²) in [5.41, 5.74) is 6.03. The fraction of sp³-hybridized carbons (Fsp3) is 0.375. The standard InChI is InChI=1S/C16H20N4O/c1-12-18-14(17)11-15(19-12)20-9-7-16(21,8-10-20)13-5-3-2-4-6-13/h2-6,11,21H,7-10H2,1H3,(H2,17,18,19). The van der Waals surface area contributed by atoms with Crippen LogP contribution in [0, 0.1) is 6.92 Å². The summed E-state index contributed by atoms with van der Waals surface area (Å²) in [5.74, 6) is 2.01. The zero-order chi connectivity index (χ0) is 14.9. The molecule has 110 valence electrons. The summed E-state index contributed by atoms with van der Waals surface area (Å²) in [7, 11) is 0. The molecule has 0 unspecified atom stereocenters. The number of benzene rings is 1. The van der Waals surface area contributed by atoms with Crippen LogP contribution >= 0.6 is 0 Å². The highest BCUT2D eigenvalue weighted by Gasteiger charge is 2.34. The maximum Gasteiger partial charge on any atom is 0.134 e. The second-order valence-corrected chi connectivity index (χ2v) is 5.58. The lowest BCUT2D eigenvalue weighted by Gasteiger charge is -2.39. The number of hydrogen-bond acceptors (Lipinski definition) is 5. The van der Waals surface area contributed by atoms with Crippen LogP contribution in [0.15, 0.2) is 36.4 Å². The van der Waals surface area contributed by atoms with Gasteiger partial charge in [0.15, 0.2) is 0 Å². The van der Waals surface area contributed by atoms with Crippen LogP contribution in [-0.2, 0) is 5.60 Å². The predicted octanol–water partition coefficient (Wildman–Crippen LogP) is 1.86. The van der Waals surface area contributed by atoms with E-state index in [1.807, 2.05) is 37.3 Å². The first-order chi connectivity index (χ1) is 10.1. The van der Waals surface area contributed by atoms with E-state index in [4.69, 9.17) is 5.73 Å². The zero-order valence-electron chi connectivity index (χ0n) is 12.2. The van der Waals surface area contributed by atoms with Gasteiger partial charge in [-0.1, -0.05) is 30.3 Å². The van der Waals surface area contributed by atoms with Gasteiger partial charge in [-0.3, -0.25) is 0 Å². The fourth-order valence-corrected chi connectivity index (χ4v) is 2.88. The van der Waals surface area contributed by atoms with Crippen molar-refractivity contribution in [3.8, 4) is 0 Å². The average Bonchev–Trinajstić information content (AvgIpc) is 2.48. The fourth-order valence-electron chi connectivity index (χ4n) is 2.88. The zero-order valence-corrected chi connectivity index (χ0v) is 12.2. The smallest absolute Gasteiger partial charge is 0.134 e. The van der Waals surface area contributed by atoms with E-state index in [1.54, 1.807) is 6.07 Å². The molecule has 1 saturated heterocycles. The first-order valence-corrected chi connectivity index (χ1v) is 7.21. The minimum atomic E-state index is -0.745. The molecule has 0 aliphatic carbocycles. The molecule has 1 aliphatic heterocycles. The molecule has 1 fully saturated rings. The summed E-state index contributed by atoms with van der Waals surface area (Å²) in [4.78, 5) is 10.7. The quantitative estimate of drug-likeness (QED) is 0.880. The van der Waals surface area contributed by atoms with Crippen molar-refractivity contribution in [2.45, 2.75) is 25.4 Å². The first-order valence-electron chi connectivity index (χ1n) is 7.21. The maximum absolute atomic E-state index is 10.8. The van der Waals surface area contributed by atoms with Crippen LogP contribution in [-0.4, -0.2) is 28.2 Å². The van der Waals surface area contributed by atoms with Crippen LogP contribution in [0.3, 0.4) is 0 Å². The Morgan fingerprint density at radius 1 is 1.14 bits per heavy atom. The van der Waals surface area contributed by atoms with E-state index in [0.717, 1.165) is 24.5 Å². The molecule has 0 atom stereocenters. The van der Waals surface area contributed by atoms with Crippen molar-refractivity contribution in [3.05, 3.63) is 47.8 Å². The molecule has 5 nitrogen and oxygen atoms in total. The number of nitrogens with two attached hydrogens (primary N) is 1. The Balaban J connectivity index is 1.76. The Morgan fingerprint density at radius 2 is 1.81 bits per heavy atom. The van der Waals surface area contributed by atoms with Crippen molar-refractivity contribution >= 4 is 11.6 Å². The summed E-state index contributed by atoms with van der Waals surface area (Å²) in [6.45, 7) is 3.34. The van der Waals surface area contributed by atoms with Gasteiger partial charge in [0.25, 0.3) is 0 Å². The Kier molecular flexibility index (Phi) is 3.51. The SMILES string of the molecule is Cc1nc(N)cc(N2CCC(O)(c3ccccc3)CC2)n1. The molecule has 1 aliphatic rings. The van der Waals surface area contributed by atoms with Crippen LogP contribution < -0.4 is 10.6 Å². The van der Waals surface area contributed by atoms with Gasteiger partial charge in [-0.15, -0.1) is 0 Å². The number of aliphatic hydroxyl groups is 1. The van der Waals surface area contributed by atoms with Gasteiger partial charge >= 0.3 is 0 Å². The topological polar surface area (TPSA) is 75.3 Å². The van der Waals surface area contributed by atoms with E-state index < -0.39 is 5.60 Å². The minimum Gasteiger partial charge on any atom is -0.385 e. The molecule has 0 amide bonds. The molecule has 1 aromatic carbocycles. The second kappa shape index (κ2) is 5.33. The average molecular weight is 284 g/mol. The van der Waals surface area contributed by atoms with E-state index >= 15 is 0 Å². The molecule has 2 aromatic rings. The third kappa shape index (κ3) is 2.83. The Hall–Kier alpha value is -2.14. The van der Waals surface area contributed by atoms with Crippen LogP contribution in [0.2, 0.25) is 0 Å². The third-order valence-electron chi connectivity index (χ3n) is 4.07. The number of aromatic nitrogens is 2. The Morgan fingerprint density at radius 3 is 2.43 bits per heavy atom. The number of rotatable bonds is 2. The van der Waals surface area contributed by atoms with Gasteiger partial charge in [0, 0.05) is 19.2 Å². The highest BCUT2D eigenvalue weighted by molar-refractivity contribution is 5.47. The second-order valence-electron chi connectivity index (χ2n) is 5.58. The molecule has 5 heteroatoms. The maximum atomic E-state index is 10.8. The summed E-state index contributed by atoms with van der Waals surface area (Å²) < 4.78 is 0. The van der Waals surface area contributed by atoms with E-state index in [0.29, 0.717) is 24.5 Å². The number of aryl methyl sites for hydroxylation is 1. The number of nitrogens with zero attached hydrogens (tertiary/aromatic N) is 3. The van der Waals surface area contributed by atoms with Crippen molar-refractivity contribution in [2.75, 3.05) is 23.7 Å². The van der Waals surface area contributed by atoms with Crippen molar-refractivity contribution in [2.24, 2.45) is 0 Å². The number of nitrogen functional groups attached to an aromatic ring is 1. The van der Waals surface area contributed by atoms with Gasteiger partial charge in [0.2, 0.25) is 0 Å². The van der Waals surface area contributed by atoms with Gasteiger partial charge in [0.1, 0.15) is 17.5 Å².